The van der Waals surface area contributed by atoms with Crippen molar-refractivity contribution in [2.45, 2.75) is 6.42 Å². The lowest BCUT2D eigenvalue weighted by atomic mass is 10.0. The molecule has 0 spiro atoms. The number of anilines is 2. The van der Waals surface area contributed by atoms with E-state index in [9.17, 15) is 4.39 Å². The van der Waals surface area contributed by atoms with Gasteiger partial charge < -0.3 is 15.4 Å². The Morgan fingerprint density at radius 3 is 2.85 bits per heavy atom. The lowest BCUT2D eigenvalue weighted by Gasteiger charge is -2.13. The van der Waals surface area contributed by atoms with Crippen LogP contribution in [0.4, 0.5) is 15.3 Å². The third-order valence-corrected chi connectivity index (χ3v) is 5.39. The number of hydrogen-bond donors (Lipinski definition) is 2. The van der Waals surface area contributed by atoms with Crippen molar-refractivity contribution >= 4 is 22.3 Å². The van der Waals surface area contributed by atoms with Crippen LogP contribution in [0.1, 0.15) is 5.56 Å². The predicted molar refractivity (Wildman–Crippen MR) is 106 cm³/mol. The second kappa shape index (κ2) is 8.56. The van der Waals surface area contributed by atoms with E-state index >= 15 is 0 Å². The van der Waals surface area contributed by atoms with E-state index in [1.807, 2.05) is 12.3 Å². The third kappa shape index (κ3) is 4.88. The molecule has 1 aromatic carbocycles. The summed E-state index contributed by atoms with van der Waals surface area (Å²) < 4.78 is 18.7. The standard InChI is InChI=1S/C20H21FN4OS/c21-17-4-2-16(3-5-17)18-12-24-20(27-18)25-19-6-1-14(11-23-19)9-15-10-22-7-8-26-13-15/h1-6,11-12,15,22H,7-10,13H2,(H,23,24,25)/t15-/m0/s1. The number of pyridine rings is 1. The number of rotatable bonds is 5. The molecule has 1 aliphatic rings. The Balaban J connectivity index is 1.37. The number of benzene rings is 1. The van der Waals surface area contributed by atoms with Gasteiger partial charge in [-0.15, -0.1) is 0 Å². The first-order valence-electron chi connectivity index (χ1n) is 8.98. The molecule has 27 heavy (non-hydrogen) atoms. The first-order chi connectivity index (χ1) is 13.3. The second-order valence-electron chi connectivity index (χ2n) is 6.56. The summed E-state index contributed by atoms with van der Waals surface area (Å²) in [6.45, 7) is 3.47. The van der Waals surface area contributed by atoms with E-state index < -0.39 is 0 Å². The Kier molecular flexibility index (Phi) is 5.72. The number of thiazole rings is 1. The quantitative estimate of drug-likeness (QED) is 0.699. The third-order valence-electron chi connectivity index (χ3n) is 4.43. The molecule has 1 saturated heterocycles. The summed E-state index contributed by atoms with van der Waals surface area (Å²) in [7, 11) is 0. The topological polar surface area (TPSA) is 59.1 Å². The molecule has 3 aromatic rings. The largest absolute Gasteiger partial charge is 0.380 e. The molecule has 0 saturated carbocycles. The van der Waals surface area contributed by atoms with Gasteiger partial charge in [-0.2, -0.15) is 0 Å². The molecule has 7 heteroatoms. The molecule has 1 fully saturated rings. The van der Waals surface area contributed by atoms with Crippen molar-refractivity contribution in [1.29, 1.82) is 0 Å². The summed E-state index contributed by atoms with van der Waals surface area (Å²) >= 11 is 1.51. The van der Waals surface area contributed by atoms with Gasteiger partial charge >= 0.3 is 0 Å². The van der Waals surface area contributed by atoms with Gasteiger partial charge in [0.05, 0.1) is 18.1 Å². The monoisotopic (exact) mass is 384 g/mol. The summed E-state index contributed by atoms with van der Waals surface area (Å²) in [5.74, 6) is 0.997. The van der Waals surface area contributed by atoms with Crippen LogP contribution in [-0.4, -0.2) is 36.3 Å². The average molecular weight is 384 g/mol. The molecule has 5 nitrogen and oxygen atoms in total. The van der Waals surface area contributed by atoms with Gasteiger partial charge in [0.25, 0.3) is 0 Å². The highest BCUT2D eigenvalue weighted by atomic mass is 32.1. The summed E-state index contributed by atoms with van der Waals surface area (Å²) in [4.78, 5) is 9.87. The predicted octanol–water partition coefficient (Wildman–Crippen LogP) is 3.87. The molecular weight excluding hydrogens is 363 g/mol. The highest BCUT2D eigenvalue weighted by Crippen LogP contribution is 2.30. The van der Waals surface area contributed by atoms with Crippen molar-refractivity contribution in [3.63, 3.8) is 0 Å². The van der Waals surface area contributed by atoms with Gasteiger partial charge in [-0.25, -0.2) is 14.4 Å². The maximum absolute atomic E-state index is 13.1. The summed E-state index contributed by atoms with van der Waals surface area (Å²) in [5.41, 5.74) is 2.15. The van der Waals surface area contributed by atoms with Gasteiger partial charge in [-0.1, -0.05) is 29.5 Å². The highest BCUT2D eigenvalue weighted by molar-refractivity contribution is 7.18. The van der Waals surface area contributed by atoms with E-state index in [1.165, 1.54) is 29.0 Å². The summed E-state index contributed by atoms with van der Waals surface area (Å²) in [5, 5.41) is 7.39. The number of aromatic nitrogens is 2. The molecule has 0 bridgehead atoms. The molecule has 0 amide bonds. The first-order valence-corrected chi connectivity index (χ1v) is 9.80. The Morgan fingerprint density at radius 1 is 1.15 bits per heavy atom. The van der Waals surface area contributed by atoms with Gasteiger partial charge in [0.2, 0.25) is 0 Å². The maximum atomic E-state index is 13.1. The number of nitrogens with one attached hydrogen (secondary N) is 2. The average Bonchev–Trinajstić information content (AvgIpc) is 2.99. The van der Waals surface area contributed by atoms with Gasteiger partial charge in [-0.3, -0.25) is 0 Å². The highest BCUT2D eigenvalue weighted by Gasteiger charge is 2.13. The lowest BCUT2D eigenvalue weighted by Crippen LogP contribution is -2.24. The van der Waals surface area contributed by atoms with Crippen LogP contribution in [0.3, 0.4) is 0 Å². The summed E-state index contributed by atoms with van der Waals surface area (Å²) in [6, 6.07) is 10.5. The van der Waals surface area contributed by atoms with Gasteiger partial charge in [0, 0.05) is 25.5 Å². The zero-order chi connectivity index (χ0) is 18.5. The van der Waals surface area contributed by atoms with Gasteiger partial charge in [0.15, 0.2) is 5.13 Å². The van der Waals surface area contributed by atoms with Crippen LogP contribution >= 0.6 is 11.3 Å². The molecule has 2 N–H and O–H groups in total. The Morgan fingerprint density at radius 2 is 2.04 bits per heavy atom. The Bertz CT molecular complexity index is 858. The minimum Gasteiger partial charge on any atom is -0.380 e. The van der Waals surface area contributed by atoms with Crippen LogP contribution in [-0.2, 0) is 11.2 Å². The molecule has 2 aromatic heterocycles. The van der Waals surface area contributed by atoms with E-state index in [-0.39, 0.29) is 5.82 Å². The number of ether oxygens (including phenoxy) is 1. The van der Waals surface area contributed by atoms with E-state index in [4.69, 9.17) is 4.74 Å². The molecule has 0 aliphatic carbocycles. The number of halogens is 1. The minimum absolute atomic E-state index is 0.239. The fourth-order valence-corrected chi connectivity index (χ4v) is 3.86. The van der Waals surface area contributed by atoms with Crippen molar-refractivity contribution in [2.24, 2.45) is 5.92 Å². The molecule has 1 aliphatic heterocycles. The van der Waals surface area contributed by atoms with Gasteiger partial charge in [0.1, 0.15) is 11.6 Å². The SMILES string of the molecule is Fc1ccc(-c2cnc(Nc3ccc(C[C@H]4CNCCOC4)cn3)s2)cc1. The molecule has 1 atom stereocenters. The van der Waals surface area contributed by atoms with Crippen LogP contribution < -0.4 is 10.6 Å². The lowest BCUT2D eigenvalue weighted by molar-refractivity contribution is 0.123. The van der Waals surface area contributed by atoms with Crippen LogP contribution in [0.5, 0.6) is 0 Å². The Hall–Kier alpha value is -2.35. The molecule has 0 unspecified atom stereocenters. The molecule has 4 rings (SSSR count). The fourth-order valence-electron chi connectivity index (χ4n) is 3.03. The van der Waals surface area contributed by atoms with E-state index in [0.717, 1.165) is 54.1 Å². The zero-order valence-electron chi connectivity index (χ0n) is 14.8. The van der Waals surface area contributed by atoms with Crippen molar-refractivity contribution in [2.75, 3.05) is 31.6 Å². The van der Waals surface area contributed by atoms with Crippen LogP contribution in [0.2, 0.25) is 0 Å². The smallest absolute Gasteiger partial charge is 0.188 e. The molecular formula is C20H21FN4OS. The number of hydrogen-bond acceptors (Lipinski definition) is 6. The second-order valence-corrected chi connectivity index (χ2v) is 7.59. The Labute approximate surface area is 161 Å². The molecule has 140 valence electrons. The van der Waals surface area contributed by atoms with E-state index in [0.29, 0.717) is 5.92 Å². The van der Waals surface area contributed by atoms with Crippen molar-refractivity contribution in [3.05, 3.63) is 60.2 Å². The van der Waals surface area contributed by atoms with E-state index in [2.05, 4.69) is 26.7 Å². The van der Waals surface area contributed by atoms with Crippen molar-refractivity contribution in [3.8, 4) is 10.4 Å². The zero-order valence-corrected chi connectivity index (χ0v) is 15.6. The minimum atomic E-state index is -0.239. The van der Waals surface area contributed by atoms with Crippen LogP contribution in [0.25, 0.3) is 10.4 Å². The maximum Gasteiger partial charge on any atom is 0.188 e. The van der Waals surface area contributed by atoms with E-state index in [1.54, 1.807) is 18.3 Å². The molecule has 3 heterocycles. The van der Waals surface area contributed by atoms with Crippen molar-refractivity contribution < 1.29 is 9.13 Å². The normalized spacial score (nSPS) is 17.4. The summed E-state index contributed by atoms with van der Waals surface area (Å²) in [6.07, 6.45) is 4.64. The molecule has 0 radical (unpaired) electrons. The fraction of sp³-hybridized carbons (Fsp3) is 0.300. The van der Waals surface area contributed by atoms with Crippen LogP contribution in [0.15, 0.2) is 48.8 Å². The van der Waals surface area contributed by atoms with Gasteiger partial charge in [-0.05, 0) is 41.7 Å². The first kappa shape index (κ1) is 18.0. The number of nitrogens with zero attached hydrogens (tertiary/aromatic N) is 2. The van der Waals surface area contributed by atoms with Crippen molar-refractivity contribution in [1.82, 2.24) is 15.3 Å². The van der Waals surface area contributed by atoms with Crippen LogP contribution in [0, 0.1) is 11.7 Å².